The van der Waals surface area contributed by atoms with Crippen molar-refractivity contribution in [3.05, 3.63) is 28.8 Å². The van der Waals surface area contributed by atoms with Gasteiger partial charge in [-0.3, -0.25) is 4.90 Å². The summed E-state index contributed by atoms with van der Waals surface area (Å²) in [5, 5.41) is 3.82. The fourth-order valence-electron chi connectivity index (χ4n) is 4.27. The van der Waals surface area contributed by atoms with Crippen LogP contribution in [0.25, 0.3) is 0 Å². The Morgan fingerprint density at radius 2 is 2.08 bits per heavy atom. The number of carbonyl (C=O) groups is 1. The summed E-state index contributed by atoms with van der Waals surface area (Å²) in [5.74, 6) is 0.713. The highest BCUT2D eigenvalue weighted by Crippen LogP contribution is 2.37. The standard InChI is InChI=1S/C18H24ClN3O2/c1-21-12-5-6-13(21)11-22(9-7-12)18(23)20-16-8-10-24-17-14(16)3-2-4-15(17)19/h2-4,12-13,16H,5-11H2,1H3,(H,20,23). The third kappa shape index (κ3) is 2.84. The molecule has 24 heavy (non-hydrogen) atoms. The van der Waals surface area contributed by atoms with Gasteiger partial charge in [-0.1, -0.05) is 23.7 Å². The largest absolute Gasteiger partial charge is 0.492 e. The molecule has 1 aromatic rings. The van der Waals surface area contributed by atoms with E-state index in [1.807, 2.05) is 23.1 Å². The molecule has 4 rings (SSSR count). The fraction of sp³-hybridized carbons (Fsp3) is 0.611. The SMILES string of the molecule is CN1C2CCC1CN(C(=O)NC1CCOc3c(Cl)cccc31)CC2. The first kappa shape index (κ1) is 16.0. The second-order valence-corrected chi connectivity index (χ2v) is 7.49. The summed E-state index contributed by atoms with van der Waals surface area (Å²) in [6.07, 6.45) is 4.30. The predicted molar refractivity (Wildman–Crippen MR) is 93.6 cm³/mol. The van der Waals surface area contributed by atoms with Gasteiger partial charge in [0, 0.05) is 37.2 Å². The van der Waals surface area contributed by atoms with E-state index in [1.54, 1.807) is 0 Å². The first-order valence-corrected chi connectivity index (χ1v) is 9.20. The van der Waals surface area contributed by atoms with Gasteiger partial charge in [0.05, 0.1) is 17.7 Å². The van der Waals surface area contributed by atoms with E-state index in [-0.39, 0.29) is 12.1 Å². The van der Waals surface area contributed by atoms with E-state index in [9.17, 15) is 4.79 Å². The van der Waals surface area contributed by atoms with Crippen LogP contribution in [-0.2, 0) is 0 Å². The Morgan fingerprint density at radius 3 is 2.96 bits per heavy atom. The number of urea groups is 1. The molecule has 0 aliphatic carbocycles. The Hall–Kier alpha value is -1.46. The molecule has 3 aliphatic heterocycles. The van der Waals surface area contributed by atoms with Crippen molar-refractivity contribution in [3.63, 3.8) is 0 Å². The molecule has 3 heterocycles. The number of nitrogens with zero attached hydrogens (tertiary/aromatic N) is 2. The van der Waals surface area contributed by atoms with Gasteiger partial charge in [-0.05, 0) is 32.4 Å². The lowest BCUT2D eigenvalue weighted by Gasteiger charge is -2.31. The van der Waals surface area contributed by atoms with Crippen LogP contribution in [0.15, 0.2) is 18.2 Å². The van der Waals surface area contributed by atoms with E-state index < -0.39 is 0 Å². The third-order valence-electron chi connectivity index (χ3n) is 5.76. The number of halogens is 1. The highest BCUT2D eigenvalue weighted by molar-refractivity contribution is 6.32. The lowest BCUT2D eigenvalue weighted by molar-refractivity contribution is 0.178. The van der Waals surface area contributed by atoms with Gasteiger partial charge in [0.1, 0.15) is 5.75 Å². The second-order valence-electron chi connectivity index (χ2n) is 7.08. The number of likely N-dealkylation sites (N-methyl/N-ethyl adjacent to an activating group) is 1. The van der Waals surface area contributed by atoms with Crippen molar-refractivity contribution < 1.29 is 9.53 Å². The molecule has 2 fully saturated rings. The maximum atomic E-state index is 12.8. The van der Waals surface area contributed by atoms with Gasteiger partial charge < -0.3 is 15.0 Å². The Morgan fingerprint density at radius 1 is 1.25 bits per heavy atom. The molecule has 2 bridgehead atoms. The minimum Gasteiger partial charge on any atom is -0.492 e. The number of hydrogen-bond acceptors (Lipinski definition) is 3. The number of carbonyl (C=O) groups excluding carboxylic acids is 1. The highest BCUT2D eigenvalue weighted by atomic mass is 35.5. The Labute approximate surface area is 147 Å². The summed E-state index contributed by atoms with van der Waals surface area (Å²) in [6, 6.07) is 6.87. The van der Waals surface area contributed by atoms with Crippen molar-refractivity contribution in [1.29, 1.82) is 0 Å². The van der Waals surface area contributed by atoms with Crippen molar-refractivity contribution in [2.75, 3.05) is 26.7 Å². The first-order chi connectivity index (χ1) is 11.6. The molecule has 3 aliphatic rings. The second kappa shape index (κ2) is 6.45. The summed E-state index contributed by atoms with van der Waals surface area (Å²) in [6.45, 7) is 2.24. The number of nitrogens with one attached hydrogen (secondary N) is 1. The molecule has 6 heteroatoms. The molecule has 1 N–H and O–H groups in total. The van der Waals surface area contributed by atoms with E-state index in [1.165, 1.54) is 12.8 Å². The van der Waals surface area contributed by atoms with Crippen molar-refractivity contribution in [2.45, 2.75) is 43.8 Å². The molecule has 0 spiro atoms. The summed E-state index contributed by atoms with van der Waals surface area (Å²) in [5.41, 5.74) is 0.982. The van der Waals surface area contributed by atoms with Crippen molar-refractivity contribution in [2.24, 2.45) is 0 Å². The summed E-state index contributed by atoms with van der Waals surface area (Å²) >= 11 is 6.22. The summed E-state index contributed by atoms with van der Waals surface area (Å²) in [7, 11) is 2.19. The maximum Gasteiger partial charge on any atom is 0.317 e. The number of rotatable bonds is 1. The summed E-state index contributed by atoms with van der Waals surface area (Å²) < 4.78 is 5.68. The lowest BCUT2D eigenvalue weighted by atomic mass is 10.0. The van der Waals surface area contributed by atoms with Crippen LogP contribution in [0.1, 0.15) is 37.3 Å². The minimum absolute atomic E-state index is 0.0295. The Balaban J connectivity index is 1.47. The lowest BCUT2D eigenvalue weighted by Crippen LogP contribution is -2.46. The first-order valence-electron chi connectivity index (χ1n) is 8.82. The van der Waals surface area contributed by atoms with Crippen molar-refractivity contribution in [3.8, 4) is 5.75 Å². The number of para-hydroxylation sites is 1. The number of amides is 2. The van der Waals surface area contributed by atoms with Gasteiger partial charge in [0.2, 0.25) is 0 Å². The zero-order chi connectivity index (χ0) is 16.7. The molecule has 0 saturated carbocycles. The average molecular weight is 350 g/mol. The third-order valence-corrected chi connectivity index (χ3v) is 6.06. The van der Waals surface area contributed by atoms with Gasteiger partial charge in [-0.15, -0.1) is 0 Å². The number of benzene rings is 1. The van der Waals surface area contributed by atoms with Gasteiger partial charge in [0.15, 0.2) is 0 Å². The average Bonchev–Trinajstić information content (AvgIpc) is 2.81. The van der Waals surface area contributed by atoms with E-state index >= 15 is 0 Å². The Bertz CT molecular complexity index is 639. The van der Waals surface area contributed by atoms with Crippen molar-refractivity contribution in [1.82, 2.24) is 15.1 Å². The maximum absolute atomic E-state index is 12.8. The zero-order valence-electron chi connectivity index (χ0n) is 14.0. The molecule has 0 radical (unpaired) electrons. The highest BCUT2D eigenvalue weighted by Gasteiger charge is 2.36. The van der Waals surface area contributed by atoms with Crippen LogP contribution in [0.3, 0.4) is 0 Å². The van der Waals surface area contributed by atoms with Crippen LogP contribution < -0.4 is 10.1 Å². The number of ether oxygens (including phenoxy) is 1. The molecule has 130 valence electrons. The molecule has 2 amide bonds. The number of hydrogen-bond donors (Lipinski definition) is 1. The van der Waals surface area contributed by atoms with Crippen LogP contribution >= 0.6 is 11.6 Å². The van der Waals surface area contributed by atoms with Crippen LogP contribution in [0, 0.1) is 0 Å². The predicted octanol–water partition coefficient (Wildman–Crippen LogP) is 3.04. The molecule has 1 aromatic carbocycles. The molecule has 3 atom stereocenters. The minimum atomic E-state index is -0.0295. The molecule has 3 unspecified atom stereocenters. The van der Waals surface area contributed by atoms with Crippen molar-refractivity contribution >= 4 is 17.6 Å². The fourth-order valence-corrected chi connectivity index (χ4v) is 4.51. The van der Waals surface area contributed by atoms with E-state index in [4.69, 9.17) is 16.3 Å². The number of likely N-dealkylation sites (tertiary alicyclic amines) is 1. The number of fused-ring (bicyclic) bond motifs is 3. The van der Waals surface area contributed by atoms with E-state index in [2.05, 4.69) is 17.3 Å². The van der Waals surface area contributed by atoms with Crippen LogP contribution in [0.2, 0.25) is 5.02 Å². The van der Waals surface area contributed by atoms with Crippen LogP contribution in [0.4, 0.5) is 4.79 Å². The van der Waals surface area contributed by atoms with E-state index in [0.717, 1.165) is 31.5 Å². The van der Waals surface area contributed by atoms with Gasteiger partial charge in [0.25, 0.3) is 0 Å². The van der Waals surface area contributed by atoms with Gasteiger partial charge in [-0.2, -0.15) is 0 Å². The van der Waals surface area contributed by atoms with Crippen LogP contribution in [0.5, 0.6) is 5.75 Å². The monoisotopic (exact) mass is 349 g/mol. The van der Waals surface area contributed by atoms with Crippen LogP contribution in [-0.4, -0.2) is 54.7 Å². The van der Waals surface area contributed by atoms with Gasteiger partial charge in [-0.25, -0.2) is 4.79 Å². The summed E-state index contributed by atoms with van der Waals surface area (Å²) in [4.78, 5) is 17.3. The topological polar surface area (TPSA) is 44.8 Å². The molecular formula is C18H24ClN3O2. The molecule has 2 saturated heterocycles. The molecule has 5 nitrogen and oxygen atoms in total. The normalized spacial score (nSPS) is 29.6. The van der Waals surface area contributed by atoms with E-state index in [0.29, 0.717) is 29.5 Å². The molecule has 0 aromatic heterocycles. The van der Waals surface area contributed by atoms with Gasteiger partial charge >= 0.3 is 6.03 Å². The molecular weight excluding hydrogens is 326 g/mol. The Kier molecular flexibility index (Phi) is 4.31. The zero-order valence-corrected chi connectivity index (χ0v) is 14.8. The quantitative estimate of drug-likeness (QED) is 0.847. The smallest absolute Gasteiger partial charge is 0.317 e.